The molecule has 1 aromatic carbocycles. The predicted molar refractivity (Wildman–Crippen MR) is 91.3 cm³/mol. The standard InChI is InChI=1S/C17H18N2O3S/c1-10-6-7-15-12(8-10)9-16(23-15)17(20)18-13-4-3-5-14(11(13)2)19(21)22/h3-5,9-10H,6-8H2,1-2H3,(H,18,20)/t10-/m1/s1. The molecular formula is C17H18N2O3S. The Morgan fingerprint density at radius 2 is 2.22 bits per heavy atom. The molecular weight excluding hydrogens is 312 g/mol. The van der Waals surface area contributed by atoms with Crippen molar-refractivity contribution < 1.29 is 9.72 Å². The number of benzene rings is 1. The van der Waals surface area contributed by atoms with Gasteiger partial charge in [-0.15, -0.1) is 11.3 Å². The van der Waals surface area contributed by atoms with Crippen LogP contribution >= 0.6 is 11.3 Å². The maximum absolute atomic E-state index is 12.5. The molecule has 0 aliphatic heterocycles. The van der Waals surface area contributed by atoms with Crippen LogP contribution in [0, 0.1) is 23.0 Å². The second-order valence-electron chi connectivity index (χ2n) is 6.07. The molecule has 5 nitrogen and oxygen atoms in total. The number of nitrogens with zero attached hydrogens (tertiary/aromatic N) is 1. The number of amides is 1. The summed E-state index contributed by atoms with van der Waals surface area (Å²) in [7, 11) is 0. The minimum Gasteiger partial charge on any atom is -0.321 e. The van der Waals surface area contributed by atoms with Crippen molar-refractivity contribution in [3.05, 3.63) is 55.3 Å². The summed E-state index contributed by atoms with van der Waals surface area (Å²) in [6, 6.07) is 6.69. The number of rotatable bonds is 3. The highest BCUT2D eigenvalue weighted by Gasteiger charge is 2.21. The molecule has 0 fully saturated rings. The first-order valence-corrected chi connectivity index (χ1v) is 8.44. The first kappa shape index (κ1) is 15.7. The van der Waals surface area contributed by atoms with Crippen LogP contribution in [0.15, 0.2) is 24.3 Å². The van der Waals surface area contributed by atoms with E-state index in [1.807, 2.05) is 6.07 Å². The summed E-state index contributed by atoms with van der Waals surface area (Å²) in [4.78, 5) is 25.0. The number of aryl methyl sites for hydroxylation is 1. The van der Waals surface area contributed by atoms with Crippen molar-refractivity contribution in [1.82, 2.24) is 0 Å². The third kappa shape index (κ3) is 3.12. The Morgan fingerprint density at radius 3 is 2.96 bits per heavy atom. The molecule has 1 N–H and O–H groups in total. The molecule has 0 bridgehead atoms. The number of hydrogen-bond donors (Lipinski definition) is 1. The minimum atomic E-state index is -0.434. The van der Waals surface area contributed by atoms with Gasteiger partial charge in [0.1, 0.15) is 0 Å². The summed E-state index contributed by atoms with van der Waals surface area (Å²) < 4.78 is 0. The second-order valence-corrected chi connectivity index (χ2v) is 7.20. The lowest BCUT2D eigenvalue weighted by atomic mass is 9.90. The second kappa shape index (κ2) is 6.12. The van der Waals surface area contributed by atoms with Crippen molar-refractivity contribution in [3.8, 4) is 0 Å². The Morgan fingerprint density at radius 1 is 1.43 bits per heavy atom. The summed E-state index contributed by atoms with van der Waals surface area (Å²) >= 11 is 1.54. The van der Waals surface area contributed by atoms with Crippen LogP contribution in [0.3, 0.4) is 0 Å². The number of carbonyl (C=O) groups excluding carboxylic acids is 1. The normalized spacial score (nSPS) is 16.7. The van der Waals surface area contributed by atoms with Gasteiger partial charge in [-0.2, -0.15) is 0 Å². The zero-order chi connectivity index (χ0) is 16.6. The fraction of sp³-hybridized carbons (Fsp3) is 0.353. The summed E-state index contributed by atoms with van der Waals surface area (Å²) in [5.74, 6) is 0.465. The average molecular weight is 330 g/mol. The molecule has 0 radical (unpaired) electrons. The van der Waals surface area contributed by atoms with Gasteiger partial charge in [-0.25, -0.2) is 0 Å². The van der Waals surface area contributed by atoms with E-state index in [-0.39, 0.29) is 11.6 Å². The Bertz CT molecular complexity index is 782. The number of anilines is 1. The molecule has 2 aromatic rings. The van der Waals surface area contributed by atoms with E-state index in [1.54, 1.807) is 19.1 Å². The van der Waals surface area contributed by atoms with E-state index in [2.05, 4.69) is 12.2 Å². The number of nitro groups is 1. The van der Waals surface area contributed by atoms with E-state index >= 15 is 0 Å². The molecule has 0 saturated carbocycles. The van der Waals surface area contributed by atoms with Crippen LogP contribution in [0.4, 0.5) is 11.4 Å². The van der Waals surface area contributed by atoms with Gasteiger partial charge in [-0.3, -0.25) is 14.9 Å². The summed E-state index contributed by atoms with van der Waals surface area (Å²) in [5, 5.41) is 13.8. The monoisotopic (exact) mass is 330 g/mol. The largest absolute Gasteiger partial charge is 0.321 e. The molecule has 23 heavy (non-hydrogen) atoms. The van der Waals surface area contributed by atoms with Gasteiger partial charge in [0.15, 0.2) is 0 Å². The van der Waals surface area contributed by atoms with Crippen LogP contribution in [0.2, 0.25) is 0 Å². The van der Waals surface area contributed by atoms with E-state index in [9.17, 15) is 14.9 Å². The molecule has 6 heteroatoms. The van der Waals surface area contributed by atoms with Crippen molar-refractivity contribution in [3.63, 3.8) is 0 Å². The van der Waals surface area contributed by atoms with E-state index < -0.39 is 4.92 Å². The van der Waals surface area contributed by atoms with Crippen LogP contribution in [0.5, 0.6) is 0 Å². The van der Waals surface area contributed by atoms with Gasteiger partial charge in [0, 0.05) is 10.9 Å². The van der Waals surface area contributed by atoms with Gasteiger partial charge >= 0.3 is 0 Å². The van der Waals surface area contributed by atoms with Crippen molar-refractivity contribution in [1.29, 1.82) is 0 Å². The predicted octanol–water partition coefficient (Wildman–Crippen LogP) is 4.34. The van der Waals surface area contributed by atoms with Crippen LogP contribution in [-0.4, -0.2) is 10.8 Å². The maximum atomic E-state index is 12.5. The number of hydrogen-bond acceptors (Lipinski definition) is 4. The van der Waals surface area contributed by atoms with E-state index in [1.165, 1.54) is 34.3 Å². The zero-order valence-electron chi connectivity index (χ0n) is 13.1. The number of nitrogens with one attached hydrogen (secondary N) is 1. The molecule has 0 saturated heterocycles. The van der Waals surface area contributed by atoms with Gasteiger partial charge in [-0.05, 0) is 49.8 Å². The molecule has 1 atom stereocenters. The van der Waals surface area contributed by atoms with Gasteiger partial charge < -0.3 is 5.32 Å². The molecule has 0 unspecified atom stereocenters. The molecule has 1 aromatic heterocycles. The fourth-order valence-corrected chi connectivity index (χ4v) is 4.06. The zero-order valence-corrected chi connectivity index (χ0v) is 13.9. The number of carbonyl (C=O) groups is 1. The van der Waals surface area contributed by atoms with Crippen molar-refractivity contribution in [2.45, 2.75) is 33.1 Å². The van der Waals surface area contributed by atoms with Gasteiger partial charge in [0.2, 0.25) is 0 Å². The highest BCUT2D eigenvalue weighted by molar-refractivity contribution is 7.14. The number of nitro benzene ring substituents is 1. The Labute approximate surface area is 138 Å². The lowest BCUT2D eigenvalue weighted by Gasteiger charge is -2.16. The molecule has 1 amide bonds. The van der Waals surface area contributed by atoms with Gasteiger partial charge in [0.25, 0.3) is 11.6 Å². The molecule has 0 spiro atoms. The van der Waals surface area contributed by atoms with Crippen molar-refractivity contribution >= 4 is 28.6 Å². The third-order valence-electron chi connectivity index (χ3n) is 4.30. The lowest BCUT2D eigenvalue weighted by molar-refractivity contribution is -0.385. The Hall–Kier alpha value is -2.21. The van der Waals surface area contributed by atoms with Crippen LogP contribution < -0.4 is 5.32 Å². The van der Waals surface area contributed by atoms with Crippen molar-refractivity contribution in [2.75, 3.05) is 5.32 Å². The fourth-order valence-electron chi connectivity index (χ4n) is 2.96. The highest BCUT2D eigenvalue weighted by atomic mass is 32.1. The molecule has 1 aliphatic carbocycles. The van der Waals surface area contributed by atoms with Crippen LogP contribution in [0.25, 0.3) is 0 Å². The Balaban J connectivity index is 1.83. The lowest BCUT2D eigenvalue weighted by Crippen LogP contribution is -2.11. The Kier molecular flexibility index (Phi) is 4.17. The van der Waals surface area contributed by atoms with E-state index in [0.29, 0.717) is 22.0 Å². The third-order valence-corrected chi connectivity index (χ3v) is 5.54. The topological polar surface area (TPSA) is 72.2 Å². The van der Waals surface area contributed by atoms with Crippen LogP contribution in [-0.2, 0) is 12.8 Å². The summed E-state index contributed by atoms with van der Waals surface area (Å²) in [6.45, 7) is 3.88. The highest BCUT2D eigenvalue weighted by Crippen LogP contribution is 2.33. The SMILES string of the molecule is Cc1c(NC(=O)c2cc3c(s2)CC[C@@H](C)C3)cccc1[N+](=O)[O-]. The van der Waals surface area contributed by atoms with Gasteiger partial charge in [0.05, 0.1) is 21.1 Å². The molecule has 1 heterocycles. The van der Waals surface area contributed by atoms with Crippen molar-refractivity contribution in [2.24, 2.45) is 5.92 Å². The quantitative estimate of drug-likeness (QED) is 0.672. The number of thiophene rings is 1. The van der Waals surface area contributed by atoms with E-state index in [0.717, 1.165) is 12.8 Å². The summed E-state index contributed by atoms with van der Waals surface area (Å²) in [5.41, 5.74) is 2.25. The molecule has 120 valence electrons. The summed E-state index contributed by atoms with van der Waals surface area (Å²) in [6.07, 6.45) is 3.22. The first-order chi connectivity index (χ1) is 11.0. The molecule has 3 rings (SSSR count). The average Bonchev–Trinajstić information content (AvgIpc) is 2.92. The molecule has 1 aliphatic rings. The number of fused-ring (bicyclic) bond motifs is 1. The van der Waals surface area contributed by atoms with Gasteiger partial charge in [-0.1, -0.05) is 13.0 Å². The van der Waals surface area contributed by atoms with Crippen LogP contribution in [0.1, 0.15) is 39.0 Å². The first-order valence-electron chi connectivity index (χ1n) is 7.62. The smallest absolute Gasteiger partial charge is 0.274 e. The van der Waals surface area contributed by atoms with E-state index in [4.69, 9.17) is 0 Å². The maximum Gasteiger partial charge on any atom is 0.274 e. The minimum absolute atomic E-state index is 0.0158.